The van der Waals surface area contributed by atoms with Gasteiger partial charge in [-0.3, -0.25) is 9.48 Å². The summed E-state index contributed by atoms with van der Waals surface area (Å²) in [6, 6.07) is 9.36. The van der Waals surface area contributed by atoms with Crippen molar-refractivity contribution in [1.29, 1.82) is 0 Å². The maximum atomic E-state index is 13.6. The molecule has 188 valence electrons. The van der Waals surface area contributed by atoms with Crippen molar-refractivity contribution in [3.8, 4) is 0 Å². The monoisotopic (exact) mass is 487 g/mol. The molecule has 0 radical (unpaired) electrons. The van der Waals surface area contributed by atoms with Crippen LogP contribution >= 0.6 is 0 Å². The summed E-state index contributed by atoms with van der Waals surface area (Å²) in [6.07, 6.45) is 2.92. The van der Waals surface area contributed by atoms with Gasteiger partial charge in [-0.15, -0.1) is 0 Å². The zero-order valence-corrected chi connectivity index (χ0v) is 20.2. The number of nitrogens with zero attached hydrogens (tertiary/aromatic N) is 4. The molecular formula is C26H32F3N5O. The van der Waals surface area contributed by atoms with Crippen LogP contribution in [0, 0.1) is 5.92 Å². The molecule has 1 atom stereocenters. The quantitative estimate of drug-likeness (QED) is 0.456. The Kier molecular flexibility index (Phi) is 7.62. The van der Waals surface area contributed by atoms with Gasteiger partial charge >= 0.3 is 6.18 Å². The van der Waals surface area contributed by atoms with E-state index in [-0.39, 0.29) is 18.0 Å². The van der Waals surface area contributed by atoms with Crippen molar-refractivity contribution in [3.05, 3.63) is 71.1 Å². The van der Waals surface area contributed by atoms with Gasteiger partial charge in [0.1, 0.15) is 12.4 Å². The van der Waals surface area contributed by atoms with E-state index in [1.807, 2.05) is 41.1 Å². The van der Waals surface area contributed by atoms with Gasteiger partial charge in [0.2, 0.25) is 5.91 Å². The van der Waals surface area contributed by atoms with E-state index in [1.54, 1.807) is 6.20 Å². The number of halogens is 3. The van der Waals surface area contributed by atoms with Crippen LogP contribution in [0.25, 0.3) is 0 Å². The molecule has 0 saturated heterocycles. The molecule has 2 heterocycles. The minimum absolute atomic E-state index is 0.238. The van der Waals surface area contributed by atoms with Crippen molar-refractivity contribution >= 4 is 5.91 Å². The number of alkyl halides is 3. The maximum Gasteiger partial charge on any atom is 0.435 e. The molecule has 1 aromatic carbocycles. The molecule has 9 heteroatoms. The molecule has 2 aromatic heterocycles. The predicted molar refractivity (Wildman–Crippen MR) is 127 cm³/mol. The Morgan fingerprint density at radius 2 is 1.89 bits per heavy atom. The summed E-state index contributed by atoms with van der Waals surface area (Å²) >= 11 is 0. The van der Waals surface area contributed by atoms with Crippen molar-refractivity contribution in [2.75, 3.05) is 0 Å². The third kappa shape index (κ3) is 6.13. The van der Waals surface area contributed by atoms with E-state index < -0.39 is 17.9 Å². The molecule has 1 N–H and O–H groups in total. The number of hydrogen-bond donors (Lipinski definition) is 1. The molecule has 1 aliphatic rings. The molecule has 4 rings (SSSR count). The van der Waals surface area contributed by atoms with Gasteiger partial charge in [-0.25, -0.2) is 4.98 Å². The van der Waals surface area contributed by atoms with Crippen molar-refractivity contribution in [2.24, 2.45) is 5.92 Å². The average molecular weight is 488 g/mol. The Morgan fingerprint density at radius 1 is 1.14 bits per heavy atom. The van der Waals surface area contributed by atoms with Crippen LogP contribution in [-0.2, 0) is 43.3 Å². The van der Waals surface area contributed by atoms with E-state index in [0.29, 0.717) is 37.3 Å². The summed E-state index contributed by atoms with van der Waals surface area (Å²) < 4.78 is 43.9. The lowest BCUT2D eigenvalue weighted by molar-refractivity contribution is -0.142. The predicted octanol–water partition coefficient (Wildman–Crippen LogP) is 5.12. The molecule has 1 unspecified atom stereocenters. The number of amides is 1. The topological polar surface area (TPSA) is 64.7 Å². The number of imidazole rings is 1. The summed E-state index contributed by atoms with van der Waals surface area (Å²) in [7, 11) is 0. The highest BCUT2D eigenvalue weighted by atomic mass is 19.4. The third-order valence-corrected chi connectivity index (χ3v) is 6.44. The van der Waals surface area contributed by atoms with Gasteiger partial charge in [0.15, 0.2) is 5.69 Å². The van der Waals surface area contributed by atoms with Crippen molar-refractivity contribution < 1.29 is 18.0 Å². The van der Waals surface area contributed by atoms with E-state index in [1.165, 1.54) is 4.68 Å². The van der Waals surface area contributed by atoms with Crippen molar-refractivity contribution in [1.82, 2.24) is 24.6 Å². The number of aryl methyl sites for hydroxylation is 1. The first-order valence-corrected chi connectivity index (χ1v) is 12.2. The number of nitrogens with one attached hydrogen (secondary N) is 1. The number of rotatable bonds is 9. The molecule has 3 aromatic rings. The second-order valence-electron chi connectivity index (χ2n) is 9.61. The highest BCUT2D eigenvalue weighted by Crippen LogP contribution is 2.35. The highest BCUT2D eigenvalue weighted by Gasteiger charge is 2.39. The largest absolute Gasteiger partial charge is 0.435 e. The van der Waals surface area contributed by atoms with Crippen LogP contribution in [0.15, 0.2) is 42.7 Å². The maximum absolute atomic E-state index is 13.6. The lowest BCUT2D eigenvalue weighted by Gasteiger charge is -2.21. The van der Waals surface area contributed by atoms with Gasteiger partial charge in [-0.2, -0.15) is 18.3 Å². The lowest BCUT2D eigenvalue weighted by Crippen LogP contribution is -2.35. The molecule has 1 aliphatic carbocycles. The highest BCUT2D eigenvalue weighted by molar-refractivity contribution is 5.76. The van der Waals surface area contributed by atoms with Crippen LogP contribution in [0.5, 0.6) is 0 Å². The smallest absolute Gasteiger partial charge is 0.344 e. The third-order valence-electron chi connectivity index (χ3n) is 6.44. The molecule has 1 amide bonds. The second-order valence-corrected chi connectivity index (χ2v) is 9.61. The van der Waals surface area contributed by atoms with Gasteiger partial charge in [0.25, 0.3) is 0 Å². The standard InChI is InChI=1S/C26H32F3N5O/c1-18(2)12-14-33-15-13-30-25(33)21(16-19-8-4-3-5-9-19)31-23(35)17-34-22-11-7-6-10-20(22)24(32-34)26(27,28)29/h3-5,8-9,13,15,18,21H,6-7,10-12,14,16-17H2,1-2H3,(H,31,35). The molecule has 0 spiro atoms. The SMILES string of the molecule is CC(C)CCn1ccnc1C(Cc1ccccc1)NC(=O)Cn1nc(C(F)(F)F)c2c1CCCC2. The number of aromatic nitrogens is 4. The minimum Gasteiger partial charge on any atom is -0.344 e. The first-order chi connectivity index (χ1) is 16.7. The van der Waals surface area contributed by atoms with E-state index in [9.17, 15) is 18.0 Å². The molecule has 6 nitrogen and oxygen atoms in total. The Bertz CT molecular complexity index is 1130. The second kappa shape index (κ2) is 10.7. The summed E-state index contributed by atoms with van der Waals surface area (Å²) in [5, 5.41) is 6.87. The van der Waals surface area contributed by atoms with Gasteiger partial charge in [0, 0.05) is 30.2 Å². The van der Waals surface area contributed by atoms with Gasteiger partial charge < -0.3 is 9.88 Å². The molecule has 0 fully saturated rings. The fourth-order valence-corrected chi connectivity index (χ4v) is 4.68. The number of carbonyl (C=O) groups is 1. The average Bonchev–Trinajstić information content (AvgIpc) is 3.43. The fourth-order valence-electron chi connectivity index (χ4n) is 4.68. The van der Waals surface area contributed by atoms with Crippen LogP contribution in [0.4, 0.5) is 13.2 Å². The summed E-state index contributed by atoms with van der Waals surface area (Å²) in [5.74, 6) is 0.872. The normalized spacial score (nSPS) is 14.7. The summed E-state index contributed by atoms with van der Waals surface area (Å²) in [4.78, 5) is 17.7. The lowest BCUT2D eigenvalue weighted by atomic mass is 9.95. The van der Waals surface area contributed by atoms with E-state index >= 15 is 0 Å². The Balaban J connectivity index is 1.57. The first kappa shape index (κ1) is 25.0. The Labute approximate surface area is 203 Å². The number of carbonyl (C=O) groups excluding carboxylic acids is 1. The zero-order valence-electron chi connectivity index (χ0n) is 20.2. The first-order valence-electron chi connectivity index (χ1n) is 12.2. The van der Waals surface area contributed by atoms with Gasteiger partial charge in [0.05, 0.1) is 6.04 Å². The summed E-state index contributed by atoms with van der Waals surface area (Å²) in [6.45, 7) is 4.83. The van der Waals surface area contributed by atoms with E-state index in [4.69, 9.17) is 0 Å². The van der Waals surface area contributed by atoms with Crippen LogP contribution in [0.2, 0.25) is 0 Å². The van der Waals surface area contributed by atoms with Gasteiger partial charge in [-0.05, 0) is 50.0 Å². The van der Waals surface area contributed by atoms with Crippen LogP contribution in [-0.4, -0.2) is 25.2 Å². The number of hydrogen-bond acceptors (Lipinski definition) is 3. The molecule has 35 heavy (non-hydrogen) atoms. The summed E-state index contributed by atoms with van der Waals surface area (Å²) in [5.41, 5.74) is 0.940. The van der Waals surface area contributed by atoms with Crippen LogP contribution in [0.1, 0.15) is 67.5 Å². The number of fused-ring (bicyclic) bond motifs is 1. The van der Waals surface area contributed by atoms with E-state index in [0.717, 1.165) is 30.8 Å². The Morgan fingerprint density at radius 3 is 2.60 bits per heavy atom. The molecule has 0 aliphatic heterocycles. The van der Waals surface area contributed by atoms with Crippen LogP contribution in [0.3, 0.4) is 0 Å². The van der Waals surface area contributed by atoms with Crippen molar-refractivity contribution in [3.63, 3.8) is 0 Å². The Hall–Kier alpha value is -3.10. The molecule has 0 bridgehead atoms. The van der Waals surface area contributed by atoms with Crippen molar-refractivity contribution in [2.45, 2.75) is 77.7 Å². The van der Waals surface area contributed by atoms with E-state index in [2.05, 4.69) is 29.2 Å². The van der Waals surface area contributed by atoms with Gasteiger partial charge in [-0.1, -0.05) is 44.2 Å². The number of benzene rings is 1. The zero-order chi connectivity index (χ0) is 25.0. The molecular weight excluding hydrogens is 455 g/mol. The molecule has 0 saturated carbocycles. The van der Waals surface area contributed by atoms with Crippen LogP contribution < -0.4 is 5.32 Å². The minimum atomic E-state index is -4.53. The fraction of sp³-hybridized carbons (Fsp3) is 0.500.